The number of piperidine rings is 1. The molecule has 1 aliphatic carbocycles. The van der Waals surface area contributed by atoms with E-state index >= 15 is 0 Å². The maximum atomic E-state index is 13.5. The van der Waals surface area contributed by atoms with Crippen molar-refractivity contribution >= 4 is 29.6 Å². The van der Waals surface area contributed by atoms with Crippen molar-refractivity contribution in [2.75, 3.05) is 11.5 Å². The second-order valence-electron chi connectivity index (χ2n) is 11.6. The number of ether oxygens (including phenoxy) is 1. The minimum Gasteiger partial charge on any atom is -0.378 e. The summed E-state index contributed by atoms with van der Waals surface area (Å²) in [7, 11) is 0. The van der Waals surface area contributed by atoms with Gasteiger partial charge in [0.2, 0.25) is 0 Å². The summed E-state index contributed by atoms with van der Waals surface area (Å²) in [5, 5.41) is 12.7. The predicted molar refractivity (Wildman–Crippen MR) is 144 cm³/mol. The Morgan fingerprint density at radius 3 is 2.36 bits per heavy atom. The van der Waals surface area contributed by atoms with Crippen LogP contribution in [-0.4, -0.2) is 51.8 Å². The normalized spacial score (nSPS) is 29.5. The smallest absolute Gasteiger partial charge is 0.378 e. The Morgan fingerprint density at radius 2 is 1.77 bits per heavy atom. The van der Waals surface area contributed by atoms with Crippen LogP contribution < -0.4 is 10.2 Å². The number of nitrogens with zero attached hydrogens (tertiary/aromatic N) is 3. The van der Waals surface area contributed by atoms with Gasteiger partial charge in [-0.25, -0.2) is 9.69 Å². The van der Waals surface area contributed by atoms with E-state index < -0.39 is 34.8 Å². The number of imide groups is 1. The van der Waals surface area contributed by atoms with E-state index in [2.05, 4.69) is 19.2 Å². The summed E-state index contributed by atoms with van der Waals surface area (Å²) in [6.45, 7) is 8.41. The molecule has 3 aliphatic rings. The minimum absolute atomic E-state index is 0.0960. The quantitative estimate of drug-likeness (QED) is 0.309. The molecule has 1 saturated carbocycles. The highest BCUT2D eigenvalue weighted by Crippen LogP contribution is 2.43. The third-order valence-electron chi connectivity index (χ3n) is 7.98. The van der Waals surface area contributed by atoms with E-state index in [0.29, 0.717) is 24.1 Å². The molecular weight excluding hydrogens is 529 g/mol. The number of hydrogen-bond donors (Lipinski definition) is 1. The first-order valence-corrected chi connectivity index (χ1v) is 14.5. The number of amides is 3. The molecule has 39 heavy (non-hydrogen) atoms. The van der Waals surface area contributed by atoms with Crippen molar-refractivity contribution in [2.24, 2.45) is 5.92 Å². The molecule has 1 N–H and O–H groups in total. The number of rotatable bonds is 7. The van der Waals surface area contributed by atoms with E-state index in [1.165, 1.54) is 41.2 Å². The Bertz CT molecular complexity index is 1100. The molecule has 214 valence electrons. The number of carbonyl (C=O) groups excluding carboxylic acids is 2. The Labute approximate surface area is 232 Å². The van der Waals surface area contributed by atoms with Crippen LogP contribution in [0.5, 0.6) is 0 Å². The SMILES string of the molecule is CC1CC(CCOC2CCC(SN3C(=O)N(c4ccc(C#N)c(C(F)(F)F)c4)C(=O)C3(C)C)CC2)CC(C)N1. The van der Waals surface area contributed by atoms with Crippen molar-refractivity contribution in [1.29, 1.82) is 5.26 Å². The van der Waals surface area contributed by atoms with Crippen LogP contribution in [0.2, 0.25) is 0 Å². The lowest BCUT2D eigenvalue weighted by Gasteiger charge is -2.35. The van der Waals surface area contributed by atoms with Gasteiger partial charge < -0.3 is 10.1 Å². The van der Waals surface area contributed by atoms with Gasteiger partial charge in [0.25, 0.3) is 5.91 Å². The molecule has 0 spiro atoms. The molecule has 7 nitrogen and oxygen atoms in total. The maximum Gasteiger partial charge on any atom is 0.417 e. The van der Waals surface area contributed by atoms with Crippen LogP contribution in [0, 0.1) is 17.2 Å². The van der Waals surface area contributed by atoms with Gasteiger partial charge in [-0.1, -0.05) is 0 Å². The second-order valence-corrected chi connectivity index (χ2v) is 12.8. The minimum atomic E-state index is -4.79. The van der Waals surface area contributed by atoms with Crippen molar-refractivity contribution in [1.82, 2.24) is 9.62 Å². The molecule has 0 bridgehead atoms. The first-order chi connectivity index (χ1) is 18.3. The molecule has 2 aliphatic heterocycles. The Kier molecular flexibility index (Phi) is 8.89. The number of anilines is 1. The van der Waals surface area contributed by atoms with Crippen molar-refractivity contribution in [3.63, 3.8) is 0 Å². The molecule has 1 aromatic rings. The van der Waals surface area contributed by atoms with Crippen molar-refractivity contribution in [3.05, 3.63) is 29.3 Å². The van der Waals surface area contributed by atoms with E-state index in [4.69, 9.17) is 10.00 Å². The largest absolute Gasteiger partial charge is 0.417 e. The van der Waals surface area contributed by atoms with Gasteiger partial charge in [0, 0.05) is 23.9 Å². The number of nitrogens with one attached hydrogen (secondary N) is 1. The molecule has 2 saturated heterocycles. The summed E-state index contributed by atoms with van der Waals surface area (Å²) >= 11 is 1.30. The molecule has 2 heterocycles. The van der Waals surface area contributed by atoms with Crippen LogP contribution >= 0.6 is 11.9 Å². The third kappa shape index (κ3) is 6.55. The topological polar surface area (TPSA) is 85.7 Å². The average Bonchev–Trinajstić information content (AvgIpc) is 3.02. The fourth-order valence-electron chi connectivity index (χ4n) is 5.99. The number of halogens is 3. The highest BCUT2D eigenvalue weighted by Gasteiger charge is 2.53. The first kappa shape index (κ1) is 29.7. The van der Waals surface area contributed by atoms with Crippen LogP contribution in [0.25, 0.3) is 0 Å². The number of alkyl halides is 3. The molecule has 3 amide bonds. The van der Waals surface area contributed by atoms with Crippen molar-refractivity contribution < 1.29 is 27.5 Å². The Morgan fingerprint density at radius 1 is 1.13 bits per heavy atom. The molecule has 0 radical (unpaired) electrons. The monoisotopic (exact) mass is 566 g/mol. The van der Waals surface area contributed by atoms with Crippen LogP contribution in [0.15, 0.2) is 18.2 Å². The highest BCUT2D eigenvalue weighted by molar-refractivity contribution is 7.98. The van der Waals surface area contributed by atoms with Crippen LogP contribution in [0.1, 0.15) is 83.8 Å². The van der Waals surface area contributed by atoms with Gasteiger partial charge in [-0.3, -0.25) is 9.10 Å². The van der Waals surface area contributed by atoms with Gasteiger partial charge >= 0.3 is 12.2 Å². The van der Waals surface area contributed by atoms with E-state index in [-0.39, 0.29) is 17.0 Å². The summed E-state index contributed by atoms with van der Waals surface area (Å²) in [6, 6.07) is 4.83. The molecule has 2 unspecified atom stereocenters. The van der Waals surface area contributed by atoms with Gasteiger partial charge in [0.15, 0.2) is 0 Å². The van der Waals surface area contributed by atoms with E-state index in [9.17, 15) is 22.8 Å². The Hall–Kier alpha value is -2.29. The lowest BCUT2D eigenvalue weighted by atomic mass is 9.87. The van der Waals surface area contributed by atoms with Crippen LogP contribution in [0.3, 0.4) is 0 Å². The van der Waals surface area contributed by atoms with Gasteiger partial charge in [-0.2, -0.15) is 18.4 Å². The summed E-state index contributed by atoms with van der Waals surface area (Å²) in [6.07, 6.45) is 2.16. The standard InChI is InChI=1S/C28H37F3N4O3S/c1-17-13-19(14-18(2)33-17)11-12-38-22-7-9-23(10-8-22)39-35-26(37)34(25(36)27(35,3)4)21-6-5-20(16-32)24(15-21)28(29,30)31/h5-6,15,17-19,22-23,33H,7-14H2,1-4H3. The van der Waals surface area contributed by atoms with Crippen molar-refractivity contribution in [3.8, 4) is 6.07 Å². The Balaban J connectivity index is 1.34. The first-order valence-electron chi connectivity index (χ1n) is 13.7. The highest BCUT2D eigenvalue weighted by atomic mass is 32.2. The lowest BCUT2D eigenvalue weighted by Crippen LogP contribution is -2.42. The molecule has 11 heteroatoms. The van der Waals surface area contributed by atoms with E-state index in [1.807, 2.05) is 0 Å². The summed E-state index contributed by atoms with van der Waals surface area (Å²) in [5.74, 6) is 0.0757. The second kappa shape index (κ2) is 11.7. The summed E-state index contributed by atoms with van der Waals surface area (Å²) in [4.78, 5) is 27.4. The number of hydrogen-bond acceptors (Lipinski definition) is 6. The molecule has 0 aromatic heterocycles. The van der Waals surface area contributed by atoms with Gasteiger partial charge in [0.05, 0.1) is 29.0 Å². The van der Waals surface area contributed by atoms with Crippen LogP contribution in [-0.2, 0) is 15.7 Å². The number of carbonyl (C=O) groups is 2. The fourth-order valence-corrected chi connectivity index (χ4v) is 7.29. The fraction of sp³-hybridized carbons (Fsp3) is 0.679. The zero-order valence-electron chi connectivity index (χ0n) is 22.9. The van der Waals surface area contributed by atoms with Gasteiger partial charge in [0.1, 0.15) is 5.54 Å². The predicted octanol–water partition coefficient (Wildman–Crippen LogP) is 6.27. The molecule has 4 rings (SSSR count). The average molecular weight is 567 g/mol. The van der Waals surface area contributed by atoms with Gasteiger partial charge in [-0.15, -0.1) is 0 Å². The summed E-state index contributed by atoms with van der Waals surface area (Å²) < 4.78 is 48.1. The number of nitriles is 1. The van der Waals surface area contributed by atoms with Crippen molar-refractivity contribution in [2.45, 2.75) is 108 Å². The van der Waals surface area contributed by atoms with E-state index in [0.717, 1.165) is 49.7 Å². The molecular formula is C28H37F3N4O3S. The van der Waals surface area contributed by atoms with Gasteiger partial charge in [-0.05, 0) is 109 Å². The lowest BCUT2D eigenvalue weighted by molar-refractivity contribution is -0.137. The van der Waals surface area contributed by atoms with E-state index in [1.54, 1.807) is 13.8 Å². The number of urea groups is 1. The number of benzene rings is 1. The molecule has 1 aromatic carbocycles. The molecule has 3 fully saturated rings. The zero-order valence-corrected chi connectivity index (χ0v) is 23.7. The summed E-state index contributed by atoms with van der Waals surface area (Å²) in [5.41, 5.74) is -3.16. The van der Waals surface area contributed by atoms with Crippen LogP contribution in [0.4, 0.5) is 23.7 Å². The third-order valence-corrected chi connectivity index (χ3v) is 9.58. The zero-order chi connectivity index (χ0) is 28.5. The molecule has 2 atom stereocenters. The maximum absolute atomic E-state index is 13.5.